The molecule has 0 radical (unpaired) electrons. The average Bonchev–Trinajstić information content (AvgIpc) is 2.86. The van der Waals surface area contributed by atoms with Crippen LogP contribution in [0, 0.1) is 5.92 Å². The molecular formula is C12H17F3N4O2. The highest BCUT2D eigenvalue weighted by molar-refractivity contribution is 5.67. The number of alkyl halides is 3. The number of hydrogen-bond acceptors (Lipinski definition) is 4. The van der Waals surface area contributed by atoms with Crippen LogP contribution in [0.25, 0.3) is 0 Å². The second-order valence-corrected chi connectivity index (χ2v) is 5.47. The average molecular weight is 306 g/mol. The lowest BCUT2D eigenvalue weighted by atomic mass is 9.78. The fraction of sp³-hybridized carbons (Fsp3) is 0.833. The number of carboxylic acid groups (broad SMARTS) is 1. The quantitative estimate of drug-likeness (QED) is 0.924. The molecule has 0 aliphatic heterocycles. The van der Waals surface area contributed by atoms with Crippen LogP contribution in [0.1, 0.15) is 56.8 Å². The Kier molecular flexibility index (Phi) is 4.48. The van der Waals surface area contributed by atoms with Crippen molar-refractivity contribution in [2.75, 3.05) is 0 Å². The SMILES string of the molecule is CC(CC(=O)O)n1nnnc1C1CCCCC1C(F)(F)F. The minimum atomic E-state index is -4.29. The maximum Gasteiger partial charge on any atom is 0.392 e. The molecule has 1 heterocycles. The Labute approximate surface area is 119 Å². The third-order valence-electron chi connectivity index (χ3n) is 3.92. The normalized spacial score (nSPS) is 24.8. The van der Waals surface area contributed by atoms with Crippen molar-refractivity contribution >= 4 is 5.97 Å². The van der Waals surface area contributed by atoms with Gasteiger partial charge in [0.1, 0.15) is 0 Å². The van der Waals surface area contributed by atoms with Crippen molar-refractivity contribution in [2.45, 2.75) is 57.2 Å². The summed E-state index contributed by atoms with van der Waals surface area (Å²) < 4.78 is 40.7. The van der Waals surface area contributed by atoms with Gasteiger partial charge in [-0.3, -0.25) is 4.79 Å². The van der Waals surface area contributed by atoms with Crippen LogP contribution in [0.5, 0.6) is 0 Å². The lowest BCUT2D eigenvalue weighted by Crippen LogP contribution is -2.33. The third kappa shape index (κ3) is 3.51. The number of aromatic nitrogens is 4. The minimum absolute atomic E-state index is 0.0638. The summed E-state index contributed by atoms with van der Waals surface area (Å²) in [7, 11) is 0. The van der Waals surface area contributed by atoms with E-state index in [1.54, 1.807) is 6.92 Å². The van der Waals surface area contributed by atoms with Gasteiger partial charge < -0.3 is 5.11 Å². The second-order valence-electron chi connectivity index (χ2n) is 5.47. The van der Waals surface area contributed by atoms with Gasteiger partial charge in [0.2, 0.25) is 0 Å². The van der Waals surface area contributed by atoms with Gasteiger partial charge in [0.05, 0.1) is 18.4 Å². The van der Waals surface area contributed by atoms with Crippen molar-refractivity contribution in [2.24, 2.45) is 5.92 Å². The number of aliphatic carboxylic acids is 1. The molecule has 1 aromatic rings. The van der Waals surface area contributed by atoms with E-state index in [-0.39, 0.29) is 18.7 Å². The molecule has 1 aliphatic carbocycles. The maximum absolute atomic E-state index is 13.2. The Bertz CT molecular complexity index is 503. The van der Waals surface area contributed by atoms with Crippen molar-refractivity contribution in [1.29, 1.82) is 0 Å². The molecule has 1 aromatic heterocycles. The van der Waals surface area contributed by atoms with E-state index >= 15 is 0 Å². The molecule has 0 amide bonds. The summed E-state index contributed by atoms with van der Waals surface area (Å²) in [5.41, 5.74) is 0. The zero-order valence-electron chi connectivity index (χ0n) is 11.5. The maximum atomic E-state index is 13.2. The van der Waals surface area contributed by atoms with Crippen LogP contribution in [-0.4, -0.2) is 37.5 Å². The van der Waals surface area contributed by atoms with Crippen molar-refractivity contribution in [3.05, 3.63) is 5.82 Å². The van der Waals surface area contributed by atoms with Crippen LogP contribution in [0.15, 0.2) is 0 Å². The van der Waals surface area contributed by atoms with E-state index in [9.17, 15) is 18.0 Å². The van der Waals surface area contributed by atoms with Gasteiger partial charge in [0.25, 0.3) is 0 Å². The van der Waals surface area contributed by atoms with Gasteiger partial charge in [0.15, 0.2) is 5.82 Å². The van der Waals surface area contributed by atoms with E-state index in [2.05, 4.69) is 15.5 Å². The van der Waals surface area contributed by atoms with Gasteiger partial charge in [-0.15, -0.1) is 5.10 Å². The summed E-state index contributed by atoms with van der Waals surface area (Å²) in [5.74, 6) is -3.16. The summed E-state index contributed by atoms with van der Waals surface area (Å²) in [4.78, 5) is 10.8. The van der Waals surface area contributed by atoms with Crippen molar-refractivity contribution in [3.63, 3.8) is 0 Å². The van der Waals surface area contributed by atoms with Gasteiger partial charge in [-0.2, -0.15) is 13.2 Å². The molecule has 0 saturated heterocycles. The van der Waals surface area contributed by atoms with Gasteiger partial charge in [-0.05, 0) is 30.2 Å². The first-order valence-electron chi connectivity index (χ1n) is 6.87. The third-order valence-corrected chi connectivity index (χ3v) is 3.92. The monoisotopic (exact) mass is 306 g/mol. The molecule has 0 aromatic carbocycles. The molecule has 0 spiro atoms. The van der Waals surface area contributed by atoms with Crippen LogP contribution < -0.4 is 0 Å². The summed E-state index contributed by atoms with van der Waals surface area (Å²) in [6.45, 7) is 1.58. The standard InChI is InChI=1S/C12H17F3N4O2/c1-7(6-10(20)21)19-11(16-17-18-19)8-4-2-3-5-9(8)12(13,14)15/h7-9H,2-6H2,1H3,(H,20,21). The first-order chi connectivity index (χ1) is 9.80. The first kappa shape index (κ1) is 15.7. The van der Waals surface area contributed by atoms with Gasteiger partial charge >= 0.3 is 12.1 Å². The van der Waals surface area contributed by atoms with Crippen LogP contribution in [0.3, 0.4) is 0 Å². The predicted molar refractivity (Wildman–Crippen MR) is 65.5 cm³/mol. The number of rotatable bonds is 4. The van der Waals surface area contributed by atoms with Crippen LogP contribution in [0.2, 0.25) is 0 Å². The van der Waals surface area contributed by atoms with Crippen molar-refractivity contribution < 1.29 is 23.1 Å². The molecule has 0 bridgehead atoms. The molecule has 2 rings (SSSR count). The molecule has 118 valence electrons. The van der Waals surface area contributed by atoms with Gasteiger partial charge in [-0.1, -0.05) is 12.8 Å². The lowest BCUT2D eigenvalue weighted by molar-refractivity contribution is -0.188. The number of halogens is 3. The predicted octanol–water partition coefficient (Wildman–Crippen LogP) is 2.54. The molecule has 1 N–H and O–H groups in total. The smallest absolute Gasteiger partial charge is 0.392 e. The van der Waals surface area contributed by atoms with Gasteiger partial charge in [0, 0.05) is 5.92 Å². The molecule has 21 heavy (non-hydrogen) atoms. The molecule has 1 aliphatic rings. The number of hydrogen-bond donors (Lipinski definition) is 1. The van der Waals surface area contributed by atoms with Crippen LogP contribution >= 0.6 is 0 Å². The highest BCUT2D eigenvalue weighted by Gasteiger charge is 2.47. The number of tetrazole rings is 1. The van der Waals surface area contributed by atoms with E-state index in [0.717, 1.165) is 0 Å². The van der Waals surface area contributed by atoms with E-state index < -0.39 is 30.0 Å². The van der Waals surface area contributed by atoms with Crippen LogP contribution in [0.4, 0.5) is 13.2 Å². The first-order valence-corrected chi connectivity index (χ1v) is 6.87. The van der Waals surface area contributed by atoms with E-state index in [1.807, 2.05) is 0 Å². The molecule has 1 saturated carbocycles. The summed E-state index contributed by atoms with van der Waals surface area (Å²) in [6.07, 6.45) is -2.87. The lowest BCUT2D eigenvalue weighted by Gasteiger charge is -2.32. The number of carboxylic acids is 1. The number of nitrogens with zero attached hydrogens (tertiary/aromatic N) is 4. The topological polar surface area (TPSA) is 80.9 Å². The highest BCUT2D eigenvalue weighted by atomic mass is 19.4. The van der Waals surface area contributed by atoms with E-state index in [1.165, 1.54) is 4.68 Å². The molecule has 1 fully saturated rings. The van der Waals surface area contributed by atoms with Crippen molar-refractivity contribution in [1.82, 2.24) is 20.2 Å². The van der Waals surface area contributed by atoms with Crippen LogP contribution in [-0.2, 0) is 4.79 Å². The Morgan fingerprint density at radius 1 is 1.43 bits per heavy atom. The fourth-order valence-electron chi connectivity index (χ4n) is 2.93. The molecule has 6 nitrogen and oxygen atoms in total. The number of carbonyl (C=O) groups is 1. The summed E-state index contributed by atoms with van der Waals surface area (Å²) in [5, 5.41) is 19.7. The Hall–Kier alpha value is -1.67. The second kappa shape index (κ2) is 5.98. The fourth-order valence-corrected chi connectivity index (χ4v) is 2.93. The molecular weight excluding hydrogens is 289 g/mol. The van der Waals surface area contributed by atoms with Crippen molar-refractivity contribution in [3.8, 4) is 0 Å². The molecule has 9 heteroatoms. The Morgan fingerprint density at radius 3 is 2.71 bits per heavy atom. The molecule has 3 unspecified atom stereocenters. The highest BCUT2D eigenvalue weighted by Crippen LogP contribution is 2.46. The largest absolute Gasteiger partial charge is 0.481 e. The van der Waals surface area contributed by atoms with E-state index in [0.29, 0.717) is 19.3 Å². The Balaban J connectivity index is 2.28. The molecule has 3 atom stereocenters. The zero-order chi connectivity index (χ0) is 15.6. The Morgan fingerprint density at radius 2 is 2.10 bits per heavy atom. The summed E-state index contributed by atoms with van der Waals surface area (Å²) >= 11 is 0. The summed E-state index contributed by atoms with van der Waals surface area (Å²) in [6, 6.07) is -0.580. The van der Waals surface area contributed by atoms with E-state index in [4.69, 9.17) is 5.11 Å². The minimum Gasteiger partial charge on any atom is -0.481 e. The van der Waals surface area contributed by atoms with Gasteiger partial charge in [-0.25, -0.2) is 4.68 Å². The zero-order valence-corrected chi connectivity index (χ0v) is 11.5.